The van der Waals surface area contributed by atoms with Gasteiger partial charge >= 0.3 is 5.97 Å². The molecule has 0 saturated carbocycles. The number of ether oxygens (including phenoxy) is 1. The van der Waals surface area contributed by atoms with E-state index in [-0.39, 0.29) is 18.6 Å². The molecule has 2 N–H and O–H groups in total. The summed E-state index contributed by atoms with van der Waals surface area (Å²) in [5.74, 6) is 1.31. The second-order valence-electron chi connectivity index (χ2n) is 4.48. The lowest BCUT2D eigenvalue weighted by Crippen LogP contribution is -2.55. The lowest BCUT2D eigenvalue weighted by Gasteiger charge is -2.30. The molecule has 102 valence electrons. The van der Waals surface area contributed by atoms with Crippen LogP contribution in [0.2, 0.25) is 0 Å². The Kier molecular flexibility index (Phi) is 8.64. The minimum atomic E-state index is -0.649. The highest BCUT2D eigenvalue weighted by atomic mass is 32.2. The Morgan fingerprint density at radius 1 is 1.53 bits per heavy atom. The van der Waals surface area contributed by atoms with E-state index in [0.29, 0.717) is 12.4 Å². The van der Waals surface area contributed by atoms with Gasteiger partial charge in [-0.3, -0.25) is 10.1 Å². The van der Waals surface area contributed by atoms with E-state index in [2.05, 4.69) is 5.32 Å². The molecule has 0 heterocycles. The van der Waals surface area contributed by atoms with Crippen molar-refractivity contribution in [3.05, 3.63) is 0 Å². The summed E-state index contributed by atoms with van der Waals surface area (Å²) in [6, 6.07) is 0.225. The fraction of sp³-hybridized carbons (Fsp3) is 0.917. The first-order chi connectivity index (χ1) is 7.96. The third kappa shape index (κ3) is 6.91. The molecule has 0 fully saturated rings. The van der Waals surface area contributed by atoms with Crippen molar-refractivity contribution in [2.24, 2.45) is 0 Å². The van der Waals surface area contributed by atoms with Crippen LogP contribution in [0.4, 0.5) is 0 Å². The number of rotatable bonds is 9. The van der Waals surface area contributed by atoms with Crippen LogP contribution in [0.1, 0.15) is 34.1 Å². The highest BCUT2D eigenvalue weighted by molar-refractivity contribution is 7.99. The summed E-state index contributed by atoms with van der Waals surface area (Å²) in [7, 11) is 0. The zero-order valence-corrected chi connectivity index (χ0v) is 12.1. The van der Waals surface area contributed by atoms with Crippen molar-refractivity contribution in [1.82, 2.24) is 5.32 Å². The van der Waals surface area contributed by atoms with Gasteiger partial charge in [-0.05, 0) is 39.9 Å². The summed E-state index contributed by atoms with van der Waals surface area (Å²) in [5, 5.41) is 12.0. The molecule has 4 nitrogen and oxygen atoms in total. The van der Waals surface area contributed by atoms with Crippen LogP contribution in [0.25, 0.3) is 0 Å². The van der Waals surface area contributed by atoms with Gasteiger partial charge in [-0.25, -0.2) is 0 Å². The van der Waals surface area contributed by atoms with Crippen LogP contribution >= 0.6 is 11.8 Å². The predicted octanol–water partition coefficient (Wildman–Crippen LogP) is 1.42. The van der Waals surface area contributed by atoms with Crippen molar-refractivity contribution in [1.29, 1.82) is 0 Å². The first-order valence-electron chi connectivity index (χ1n) is 6.09. The van der Waals surface area contributed by atoms with Gasteiger partial charge in [0, 0.05) is 18.4 Å². The summed E-state index contributed by atoms with van der Waals surface area (Å²) >= 11 is 1.66. The molecule has 0 aliphatic heterocycles. The Labute approximate surface area is 108 Å². The monoisotopic (exact) mass is 263 g/mol. The quantitative estimate of drug-likeness (QED) is 0.487. The van der Waals surface area contributed by atoms with E-state index in [1.807, 2.05) is 27.7 Å². The molecule has 0 radical (unpaired) electrons. The van der Waals surface area contributed by atoms with Gasteiger partial charge < -0.3 is 9.84 Å². The van der Waals surface area contributed by atoms with Gasteiger partial charge in [-0.2, -0.15) is 11.8 Å². The van der Waals surface area contributed by atoms with Crippen molar-refractivity contribution in [2.75, 3.05) is 24.7 Å². The number of thioether (sulfide) groups is 1. The first-order valence-corrected chi connectivity index (χ1v) is 7.25. The molecule has 17 heavy (non-hydrogen) atoms. The van der Waals surface area contributed by atoms with Gasteiger partial charge in [0.05, 0.1) is 6.61 Å². The Bertz CT molecular complexity index is 224. The van der Waals surface area contributed by atoms with Crippen LogP contribution in [0.3, 0.4) is 0 Å². The predicted molar refractivity (Wildman–Crippen MR) is 72.3 cm³/mol. The number of hydrogen-bond acceptors (Lipinski definition) is 5. The normalized spacial score (nSPS) is 14.7. The number of carbonyl (C=O) groups excluding carboxylic acids is 1. The zero-order valence-electron chi connectivity index (χ0n) is 11.3. The van der Waals surface area contributed by atoms with Gasteiger partial charge in [-0.1, -0.05) is 0 Å². The summed E-state index contributed by atoms with van der Waals surface area (Å²) < 4.78 is 5.10. The standard InChI is InChI=1S/C12H25NO3S/c1-5-16-11(15)12(4,13-10(2)3)9-17-8-6-7-14/h10,13-14H,5-9H2,1-4H3. The molecular formula is C12H25NO3S. The summed E-state index contributed by atoms with van der Waals surface area (Å²) in [6.07, 6.45) is 0.755. The third-order valence-electron chi connectivity index (χ3n) is 2.17. The molecule has 0 bridgehead atoms. The highest BCUT2D eigenvalue weighted by Crippen LogP contribution is 2.17. The van der Waals surface area contributed by atoms with Crippen LogP contribution in [-0.4, -0.2) is 47.4 Å². The van der Waals surface area contributed by atoms with Crippen molar-refractivity contribution in [2.45, 2.75) is 45.7 Å². The van der Waals surface area contributed by atoms with E-state index in [4.69, 9.17) is 9.84 Å². The number of hydrogen-bond donors (Lipinski definition) is 2. The molecule has 0 saturated heterocycles. The summed E-state index contributed by atoms with van der Waals surface area (Å²) in [4.78, 5) is 11.9. The largest absolute Gasteiger partial charge is 0.465 e. The molecule has 1 atom stereocenters. The van der Waals surface area contributed by atoms with Crippen molar-refractivity contribution < 1.29 is 14.6 Å². The topological polar surface area (TPSA) is 58.6 Å². The van der Waals surface area contributed by atoms with Crippen LogP contribution in [-0.2, 0) is 9.53 Å². The average Bonchev–Trinajstić information content (AvgIpc) is 2.24. The molecule has 0 aromatic heterocycles. The second-order valence-corrected chi connectivity index (χ2v) is 5.59. The van der Waals surface area contributed by atoms with Gasteiger partial charge in [0.15, 0.2) is 0 Å². The number of nitrogens with one attached hydrogen (secondary N) is 1. The molecule has 0 spiro atoms. The fourth-order valence-electron chi connectivity index (χ4n) is 1.53. The third-order valence-corrected chi connectivity index (χ3v) is 3.53. The molecule has 0 aliphatic carbocycles. The molecule has 0 rings (SSSR count). The van der Waals surface area contributed by atoms with E-state index < -0.39 is 5.54 Å². The first kappa shape index (κ1) is 16.7. The van der Waals surface area contributed by atoms with Crippen LogP contribution in [0.5, 0.6) is 0 Å². The smallest absolute Gasteiger partial charge is 0.326 e. The van der Waals surface area contributed by atoms with Crippen molar-refractivity contribution in [3.63, 3.8) is 0 Å². The second kappa shape index (κ2) is 8.78. The van der Waals surface area contributed by atoms with Crippen LogP contribution in [0, 0.1) is 0 Å². The molecule has 0 aromatic carbocycles. The van der Waals surface area contributed by atoms with E-state index in [1.54, 1.807) is 11.8 Å². The Morgan fingerprint density at radius 3 is 2.65 bits per heavy atom. The van der Waals surface area contributed by atoms with E-state index >= 15 is 0 Å². The van der Waals surface area contributed by atoms with E-state index in [0.717, 1.165) is 12.2 Å². The van der Waals surface area contributed by atoms with Crippen LogP contribution in [0.15, 0.2) is 0 Å². The average molecular weight is 263 g/mol. The summed E-state index contributed by atoms with van der Waals surface area (Å²) in [6.45, 7) is 8.30. The zero-order chi connectivity index (χ0) is 13.3. The maximum atomic E-state index is 11.9. The maximum absolute atomic E-state index is 11.9. The van der Waals surface area contributed by atoms with Crippen LogP contribution < -0.4 is 5.32 Å². The van der Waals surface area contributed by atoms with Gasteiger partial charge in [0.25, 0.3) is 0 Å². The molecule has 0 aromatic rings. The number of carbonyl (C=O) groups is 1. The van der Waals surface area contributed by atoms with Gasteiger partial charge in [0.2, 0.25) is 0 Å². The fourth-order valence-corrected chi connectivity index (χ4v) is 2.62. The molecule has 1 unspecified atom stereocenters. The highest BCUT2D eigenvalue weighted by Gasteiger charge is 2.34. The van der Waals surface area contributed by atoms with E-state index in [1.165, 1.54) is 0 Å². The van der Waals surface area contributed by atoms with Crippen molar-refractivity contribution in [3.8, 4) is 0 Å². The summed E-state index contributed by atoms with van der Waals surface area (Å²) in [5.41, 5.74) is -0.649. The number of aliphatic hydroxyl groups excluding tert-OH is 1. The lowest BCUT2D eigenvalue weighted by atomic mass is 10.0. The molecule has 5 heteroatoms. The molecule has 0 aliphatic rings. The number of aliphatic hydroxyl groups is 1. The Balaban J connectivity index is 4.33. The molecule has 0 amide bonds. The molecular weight excluding hydrogens is 238 g/mol. The minimum absolute atomic E-state index is 0.195. The Morgan fingerprint density at radius 2 is 2.18 bits per heavy atom. The van der Waals surface area contributed by atoms with E-state index in [9.17, 15) is 4.79 Å². The Hall–Kier alpha value is -0.260. The van der Waals surface area contributed by atoms with Crippen molar-refractivity contribution >= 4 is 17.7 Å². The minimum Gasteiger partial charge on any atom is -0.465 e. The SMILES string of the molecule is CCOC(=O)C(C)(CSCCCO)NC(C)C. The maximum Gasteiger partial charge on any atom is 0.326 e. The van der Waals surface area contributed by atoms with Gasteiger partial charge in [0.1, 0.15) is 5.54 Å². The lowest BCUT2D eigenvalue weighted by molar-refractivity contribution is -0.149. The number of esters is 1. The van der Waals surface area contributed by atoms with Gasteiger partial charge in [-0.15, -0.1) is 0 Å².